The number of carbonyl (C=O) groups is 1. The maximum absolute atomic E-state index is 10.2. The van der Waals surface area contributed by atoms with Crippen LogP contribution in [0.3, 0.4) is 0 Å². The molecule has 0 fully saturated rings. The molecule has 0 saturated heterocycles. The van der Waals surface area contributed by atoms with E-state index in [4.69, 9.17) is 4.74 Å². The highest BCUT2D eigenvalue weighted by Crippen LogP contribution is 1.82. The summed E-state index contributed by atoms with van der Waals surface area (Å²) >= 11 is 0. The minimum atomic E-state index is -0.225. The van der Waals surface area contributed by atoms with Gasteiger partial charge in [-0.15, -0.1) is 0 Å². The predicted octanol–water partition coefficient (Wildman–Crippen LogP) is 0.157. The highest BCUT2D eigenvalue weighted by Gasteiger charge is 1.98. The molecule has 0 saturated carbocycles. The number of carbonyl (C=O) groups excluding carboxylic acids is 1. The Bertz CT molecular complexity index is 93.1. The van der Waals surface area contributed by atoms with Crippen LogP contribution in [0.5, 0.6) is 0 Å². The first-order valence-electron chi connectivity index (χ1n) is 2.97. The molecule has 54 valence electrons. The van der Waals surface area contributed by atoms with Gasteiger partial charge in [0.05, 0.1) is 0 Å². The Morgan fingerprint density at radius 1 is 1.78 bits per heavy atom. The van der Waals surface area contributed by atoms with Crippen molar-refractivity contribution in [3.63, 3.8) is 0 Å². The van der Waals surface area contributed by atoms with Crippen LogP contribution in [0.1, 0.15) is 13.8 Å². The summed E-state index contributed by atoms with van der Waals surface area (Å²) in [6, 6.07) is 0.244. The summed E-state index contributed by atoms with van der Waals surface area (Å²) in [5.74, 6) is -0.225. The molecular weight excluding hydrogens is 118 g/mol. The summed E-state index contributed by atoms with van der Waals surface area (Å²) in [6.07, 6.45) is 0. The summed E-state index contributed by atoms with van der Waals surface area (Å²) in [5, 5.41) is 2.94. The van der Waals surface area contributed by atoms with Crippen LogP contribution in [-0.2, 0) is 9.53 Å². The predicted molar refractivity (Wildman–Crippen MR) is 35.2 cm³/mol. The fourth-order valence-corrected chi connectivity index (χ4v) is 0.326. The molecule has 0 aliphatic heterocycles. The maximum atomic E-state index is 10.2. The van der Waals surface area contributed by atoms with Crippen molar-refractivity contribution in [2.45, 2.75) is 19.9 Å². The van der Waals surface area contributed by atoms with Crippen molar-refractivity contribution < 1.29 is 9.53 Å². The Morgan fingerprint density at radius 2 is 2.33 bits per heavy atom. The molecule has 0 heterocycles. The number of hydrogen-bond donors (Lipinski definition) is 1. The lowest BCUT2D eigenvalue weighted by Gasteiger charge is -2.08. The molecule has 0 aromatic carbocycles. The average Bonchev–Trinajstić information content (AvgIpc) is 1.83. The van der Waals surface area contributed by atoms with Gasteiger partial charge in [-0.3, -0.25) is 4.79 Å². The SMILES string of the molecule is CN[C@H](C)COC(C)=O. The molecule has 1 atom stereocenters. The first kappa shape index (κ1) is 8.43. The quantitative estimate of drug-likeness (QED) is 0.554. The van der Waals surface area contributed by atoms with E-state index in [0.29, 0.717) is 6.61 Å². The maximum Gasteiger partial charge on any atom is 0.302 e. The van der Waals surface area contributed by atoms with Crippen LogP contribution >= 0.6 is 0 Å². The lowest BCUT2D eigenvalue weighted by molar-refractivity contribution is -0.141. The smallest absolute Gasteiger partial charge is 0.302 e. The fraction of sp³-hybridized carbons (Fsp3) is 0.833. The molecule has 1 N–H and O–H groups in total. The van der Waals surface area contributed by atoms with Gasteiger partial charge < -0.3 is 10.1 Å². The third-order valence-electron chi connectivity index (χ3n) is 1.03. The minimum Gasteiger partial charge on any atom is -0.464 e. The molecule has 0 spiro atoms. The summed E-state index contributed by atoms with van der Waals surface area (Å²) < 4.78 is 4.69. The van der Waals surface area contributed by atoms with Crippen molar-refractivity contribution in [3.05, 3.63) is 0 Å². The summed E-state index contributed by atoms with van der Waals surface area (Å²) in [7, 11) is 1.83. The van der Waals surface area contributed by atoms with Crippen molar-refractivity contribution in [1.29, 1.82) is 0 Å². The van der Waals surface area contributed by atoms with Crippen LogP contribution in [0, 0.1) is 0 Å². The first-order valence-corrected chi connectivity index (χ1v) is 2.97. The van der Waals surface area contributed by atoms with Crippen LogP contribution in [0.15, 0.2) is 0 Å². The number of nitrogens with one attached hydrogen (secondary N) is 1. The van der Waals surface area contributed by atoms with Crippen LogP contribution < -0.4 is 5.32 Å². The number of rotatable bonds is 3. The Balaban J connectivity index is 3.16. The number of hydrogen-bond acceptors (Lipinski definition) is 3. The van der Waals surface area contributed by atoms with E-state index >= 15 is 0 Å². The molecule has 0 aromatic heterocycles. The van der Waals surface area contributed by atoms with Crippen molar-refractivity contribution in [1.82, 2.24) is 5.32 Å². The van der Waals surface area contributed by atoms with E-state index < -0.39 is 0 Å². The third-order valence-corrected chi connectivity index (χ3v) is 1.03. The van der Waals surface area contributed by atoms with Crippen LogP contribution in [0.25, 0.3) is 0 Å². The second-order valence-electron chi connectivity index (χ2n) is 1.99. The molecule has 0 radical (unpaired) electrons. The van der Waals surface area contributed by atoms with Crippen LogP contribution in [0.2, 0.25) is 0 Å². The molecule has 0 aliphatic rings. The number of ether oxygens (including phenoxy) is 1. The van der Waals surface area contributed by atoms with E-state index in [1.165, 1.54) is 6.92 Å². The monoisotopic (exact) mass is 131 g/mol. The molecule has 0 unspecified atom stereocenters. The topological polar surface area (TPSA) is 38.3 Å². The van der Waals surface area contributed by atoms with Gasteiger partial charge in [0.15, 0.2) is 0 Å². The standard InChI is InChI=1S/C6H13NO2/c1-5(7-3)4-9-6(2)8/h5,7H,4H2,1-3H3/t5-/m1/s1. The van der Waals surface area contributed by atoms with Gasteiger partial charge in [0.25, 0.3) is 0 Å². The summed E-state index contributed by atoms with van der Waals surface area (Å²) in [5.41, 5.74) is 0. The highest BCUT2D eigenvalue weighted by molar-refractivity contribution is 5.65. The van der Waals surface area contributed by atoms with Gasteiger partial charge in [-0.1, -0.05) is 0 Å². The Morgan fingerprint density at radius 3 is 2.67 bits per heavy atom. The zero-order chi connectivity index (χ0) is 7.28. The third kappa shape index (κ3) is 5.30. The van der Waals surface area contributed by atoms with Crippen molar-refractivity contribution >= 4 is 5.97 Å². The number of esters is 1. The van der Waals surface area contributed by atoms with Gasteiger partial charge in [-0.2, -0.15) is 0 Å². The van der Waals surface area contributed by atoms with Crippen molar-refractivity contribution in [2.24, 2.45) is 0 Å². The average molecular weight is 131 g/mol. The molecule has 0 aromatic rings. The zero-order valence-electron chi connectivity index (χ0n) is 6.10. The lowest BCUT2D eigenvalue weighted by Crippen LogP contribution is -2.27. The zero-order valence-corrected chi connectivity index (χ0v) is 6.10. The van der Waals surface area contributed by atoms with Gasteiger partial charge in [0.1, 0.15) is 6.61 Å². The number of likely N-dealkylation sites (N-methyl/N-ethyl adjacent to an activating group) is 1. The van der Waals surface area contributed by atoms with E-state index in [1.807, 2.05) is 14.0 Å². The molecule has 0 rings (SSSR count). The van der Waals surface area contributed by atoms with Gasteiger partial charge >= 0.3 is 5.97 Å². The Hall–Kier alpha value is -0.570. The van der Waals surface area contributed by atoms with E-state index in [-0.39, 0.29) is 12.0 Å². The van der Waals surface area contributed by atoms with Gasteiger partial charge in [0, 0.05) is 13.0 Å². The molecule has 0 bridgehead atoms. The molecule has 3 heteroatoms. The Labute approximate surface area is 55.4 Å². The molecular formula is C6H13NO2. The molecule has 0 aliphatic carbocycles. The second-order valence-corrected chi connectivity index (χ2v) is 1.99. The lowest BCUT2D eigenvalue weighted by atomic mass is 10.4. The van der Waals surface area contributed by atoms with Gasteiger partial charge in [-0.05, 0) is 14.0 Å². The van der Waals surface area contributed by atoms with Crippen LogP contribution in [-0.4, -0.2) is 25.7 Å². The summed E-state index contributed by atoms with van der Waals surface area (Å²) in [4.78, 5) is 10.2. The summed E-state index contributed by atoms with van der Waals surface area (Å²) in [6.45, 7) is 3.80. The minimum absolute atomic E-state index is 0.225. The largest absolute Gasteiger partial charge is 0.464 e. The fourth-order valence-electron chi connectivity index (χ4n) is 0.326. The molecule has 0 amide bonds. The Kier molecular flexibility index (Phi) is 4.05. The van der Waals surface area contributed by atoms with E-state index in [2.05, 4.69) is 5.32 Å². The second kappa shape index (κ2) is 4.32. The first-order chi connectivity index (χ1) is 4.16. The highest BCUT2D eigenvalue weighted by atomic mass is 16.5. The molecule has 3 nitrogen and oxygen atoms in total. The van der Waals surface area contributed by atoms with Gasteiger partial charge in [0.2, 0.25) is 0 Å². The van der Waals surface area contributed by atoms with E-state index in [1.54, 1.807) is 0 Å². The normalized spacial score (nSPS) is 12.8. The van der Waals surface area contributed by atoms with Crippen LogP contribution in [0.4, 0.5) is 0 Å². The van der Waals surface area contributed by atoms with Gasteiger partial charge in [-0.25, -0.2) is 0 Å². The van der Waals surface area contributed by atoms with E-state index in [0.717, 1.165) is 0 Å². The van der Waals surface area contributed by atoms with Crippen molar-refractivity contribution in [3.8, 4) is 0 Å². The van der Waals surface area contributed by atoms with Crippen molar-refractivity contribution in [2.75, 3.05) is 13.7 Å². The molecule has 9 heavy (non-hydrogen) atoms. The van der Waals surface area contributed by atoms with E-state index in [9.17, 15) is 4.79 Å².